The molecule has 0 bridgehead atoms. The summed E-state index contributed by atoms with van der Waals surface area (Å²) in [7, 11) is 2.95. The van der Waals surface area contributed by atoms with Gasteiger partial charge in [0, 0.05) is 6.08 Å². The van der Waals surface area contributed by atoms with Gasteiger partial charge < -0.3 is 14.8 Å². The first-order valence-electron chi connectivity index (χ1n) is 7.82. The molecule has 0 heterocycles. The molecule has 0 radical (unpaired) electrons. The first-order chi connectivity index (χ1) is 11.1. The lowest BCUT2D eigenvalue weighted by atomic mass is 9.81. The van der Waals surface area contributed by atoms with Crippen LogP contribution in [0.15, 0.2) is 30.3 Å². The first kappa shape index (κ1) is 17.1. The van der Waals surface area contributed by atoms with E-state index in [4.69, 9.17) is 9.47 Å². The van der Waals surface area contributed by atoms with E-state index in [-0.39, 0.29) is 11.9 Å². The molecule has 0 saturated heterocycles. The Morgan fingerprint density at radius 2 is 1.91 bits per heavy atom. The molecular formula is C18H23NO4. The fourth-order valence-corrected chi connectivity index (χ4v) is 2.93. The topological polar surface area (TPSA) is 64.6 Å². The third-order valence-corrected chi connectivity index (χ3v) is 4.17. The predicted octanol–water partition coefficient (Wildman–Crippen LogP) is 2.70. The smallest absolute Gasteiger partial charge is 0.331 e. The molecule has 1 N–H and O–H groups in total. The zero-order valence-electron chi connectivity index (χ0n) is 13.6. The second-order valence-electron chi connectivity index (χ2n) is 5.73. The number of ether oxygens (including phenoxy) is 2. The number of esters is 1. The van der Waals surface area contributed by atoms with Crippen LogP contribution in [-0.2, 0) is 14.3 Å². The molecule has 124 valence electrons. The number of hydrogen-bond donors (Lipinski definition) is 1. The number of hydrogen-bond acceptors (Lipinski definition) is 4. The van der Waals surface area contributed by atoms with Crippen LogP contribution in [0.25, 0.3) is 6.08 Å². The van der Waals surface area contributed by atoms with Crippen LogP contribution in [0.5, 0.6) is 5.75 Å². The van der Waals surface area contributed by atoms with E-state index in [9.17, 15) is 9.59 Å². The molecular weight excluding hydrogens is 294 g/mol. The van der Waals surface area contributed by atoms with Crippen LogP contribution < -0.4 is 10.1 Å². The number of nitrogens with one attached hydrogen (secondary N) is 1. The summed E-state index contributed by atoms with van der Waals surface area (Å²) in [5, 5.41) is 2.85. The Hall–Kier alpha value is -2.30. The molecule has 1 saturated carbocycles. The van der Waals surface area contributed by atoms with Crippen molar-refractivity contribution < 1.29 is 19.1 Å². The summed E-state index contributed by atoms with van der Waals surface area (Å²) in [6, 6.07) is 7.41. The van der Waals surface area contributed by atoms with Crippen molar-refractivity contribution in [2.45, 2.75) is 37.6 Å². The van der Waals surface area contributed by atoms with E-state index in [0.29, 0.717) is 12.8 Å². The molecule has 5 nitrogen and oxygen atoms in total. The van der Waals surface area contributed by atoms with Gasteiger partial charge in [0.25, 0.3) is 0 Å². The Labute approximate surface area is 136 Å². The maximum atomic E-state index is 12.2. The van der Waals surface area contributed by atoms with Crippen LogP contribution >= 0.6 is 0 Å². The van der Waals surface area contributed by atoms with E-state index in [2.05, 4.69) is 5.32 Å². The predicted molar refractivity (Wildman–Crippen MR) is 88.0 cm³/mol. The average Bonchev–Trinajstić information content (AvgIpc) is 2.60. The Morgan fingerprint density at radius 1 is 1.17 bits per heavy atom. The molecule has 1 amide bonds. The molecule has 1 aliphatic carbocycles. The number of methoxy groups -OCH3 is 2. The molecule has 1 aromatic rings. The van der Waals surface area contributed by atoms with E-state index >= 15 is 0 Å². The van der Waals surface area contributed by atoms with E-state index in [1.54, 1.807) is 13.2 Å². The lowest BCUT2D eigenvalue weighted by molar-refractivity contribution is -0.152. The van der Waals surface area contributed by atoms with Crippen molar-refractivity contribution in [2.75, 3.05) is 14.2 Å². The van der Waals surface area contributed by atoms with Gasteiger partial charge in [-0.1, -0.05) is 31.4 Å². The maximum Gasteiger partial charge on any atom is 0.331 e. The van der Waals surface area contributed by atoms with Crippen molar-refractivity contribution in [2.24, 2.45) is 0 Å². The Morgan fingerprint density at radius 3 is 2.57 bits per heavy atom. The van der Waals surface area contributed by atoms with E-state index < -0.39 is 5.54 Å². The summed E-state index contributed by atoms with van der Waals surface area (Å²) in [5.74, 6) is 0.0753. The molecule has 1 fully saturated rings. The minimum absolute atomic E-state index is 0.292. The normalized spacial score (nSPS) is 16.8. The van der Waals surface area contributed by atoms with Crippen molar-refractivity contribution in [3.63, 3.8) is 0 Å². The summed E-state index contributed by atoms with van der Waals surface area (Å²) in [6.07, 6.45) is 7.29. The van der Waals surface area contributed by atoms with Gasteiger partial charge in [-0.3, -0.25) is 4.79 Å². The number of carbonyl (C=O) groups excluding carboxylic acids is 2. The van der Waals surface area contributed by atoms with Crippen LogP contribution in [0.1, 0.15) is 37.7 Å². The lowest BCUT2D eigenvalue weighted by Crippen LogP contribution is -2.55. The summed E-state index contributed by atoms with van der Waals surface area (Å²) in [5.41, 5.74) is -0.0294. The monoisotopic (exact) mass is 317 g/mol. The van der Waals surface area contributed by atoms with Crippen LogP contribution in [-0.4, -0.2) is 31.6 Å². The molecule has 0 spiro atoms. The van der Waals surface area contributed by atoms with Gasteiger partial charge in [0.15, 0.2) is 0 Å². The average molecular weight is 317 g/mol. The third-order valence-electron chi connectivity index (χ3n) is 4.17. The number of amides is 1. The molecule has 5 heteroatoms. The summed E-state index contributed by atoms with van der Waals surface area (Å²) in [4.78, 5) is 24.3. The van der Waals surface area contributed by atoms with Crippen LogP contribution in [0.2, 0.25) is 0 Å². The van der Waals surface area contributed by atoms with Gasteiger partial charge in [-0.25, -0.2) is 4.79 Å². The summed E-state index contributed by atoms with van der Waals surface area (Å²) < 4.78 is 10.0. The maximum absolute atomic E-state index is 12.2. The number of carbonyl (C=O) groups is 2. The molecule has 0 unspecified atom stereocenters. The Balaban J connectivity index is 2.06. The van der Waals surface area contributed by atoms with Crippen molar-refractivity contribution in [1.82, 2.24) is 5.32 Å². The summed E-state index contributed by atoms with van der Waals surface area (Å²) >= 11 is 0. The highest BCUT2D eigenvalue weighted by Gasteiger charge is 2.41. The van der Waals surface area contributed by atoms with E-state index in [1.807, 2.05) is 24.3 Å². The highest BCUT2D eigenvalue weighted by atomic mass is 16.5. The van der Waals surface area contributed by atoms with Gasteiger partial charge in [0.1, 0.15) is 11.3 Å². The number of benzene rings is 1. The number of rotatable bonds is 5. The minimum atomic E-state index is -0.886. The largest absolute Gasteiger partial charge is 0.497 e. The second-order valence-corrected chi connectivity index (χ2v) is 5.73. The van der Waals surface area contributed by atoms with E-state index in [0.717, 1.165) is 30.6 Å². The fourth-order valence-electron chi connectivity index (χ4n) is 2.93. The fraction of sp³-hybridized carbons (Fsp3) is 0.444. The molecule has 23 heavy (non-hydrogen) atoms. The highest BCUT2D eigenvalue weighted by molar-refractivity contribution is 5.96. The van der Waals surface area contributed by atoms with Gasteiger partial charge >= 0.3 is 5.97 Å². The zero-order chi connectivity index (χ0) is 16.7. The SMILES string of the molecule is COC(=O)C1(NC(=O)C=Cc2cccc(OC)c2)CCCCC1. The molecule has 0 atom stereocenters. The molecule has 1 aromatic carbocycles. The first-order valence-corrected chi connectivity index (χ1v) is 7.82. The third kappa shape index (κ3) is 4.34. The lowest BCUT2D eigenvalue weighted by Gasteiger charge is -2.34. The van der Waals surface area contributed by atoms with Crippen LogP contribution in [0.3, 0.4) is 0 Å². The van der Waals surface area contributed by atoms with E-state index in [1.165, 1.54) is 13.2 Å². The van der Waals surface area contributed by atoms with Gasteiger partial charge in [-0.2, -0.15) is 0 Å². The Kier molecular flexibility index (Phi) is 5.79. The second kappa shape index (κ2) is 7.81. The van der Waals surface area contributed by atoms with Crippen LogP contribution in [0, 0.1) is 0 Å². The van der Waals surface area contributed by atoms with Gasteiger partial charge in [-0.15, -0.1) is 0 Å². The Bertz CT molecular complexity index is 588. The highest BCUT2D eigenvalue weighted by Crippen LogP contribution is 2.29. The zero-order valence-corrected chi connectivity index (χ0v) is 13.6. The quantitative estimate of drug-likeness (QED) is 0.670. The molecule has 0 aromatic heterocycles. The van der Waals surface area contributed by atoms with Crippen LogP contribution in [0.4, 0.5) is 0 Å². The van der Waals surface area contributed by atoms with Gasteiger partial charge in [0.2, 0.25) is 5.91 Å². The van der Waals surface area contributed by atoms with Crippen molar-refractivity contribution in [1.29, 1.82) is 0 Å². The van der Waals surface area contributed by atoms with Gasteiger partial charge in [0.05, 0.1) is 14.2 Å². The van der Waals surface area contributed by atoms with Crippen molar-refractivity contribution in [3.05, 3.63) is 35.9 Å². The minimum Gasteiger partial charge on any atom is -0.497 e. The molecule has 0 aliphatic heterocycles. The van der Waals surface area contributed by atoms with Crippen molar-refractivity contribution in [3.8, 4) is 5.75 Å². The molecule has 2 rings (SSSR count). The van der Waals surface area contributed by atoms with Crippen molar-refractivity contribution >= 4 is 18.0 Å². The standard InChI is InChI=1S/C18H23NO4/c1-22-15-8-6-7-14(13-15)9-10-16(20)19-18(17(21)23-2)11-4-3-5-12-18/h6-10,13H,3-5,11-12H2,1-2H3,(H,19,20). The summed E-state index contributed by atoms with van der Waals surface area (Å²) in [6.45, 7) is 0. The molecule has 1 aliphatic rings. The van der Waals surface area contributed by atoms with Gasteiger partial charge in [-0.05, 0) is 36.6 Å².